The van der Waals surface area contributed by atoms with Gasteiger partial charge in [0.05, 0.1) is 12.6 Å². The van der Waals surface area contributed by atoms with Gasteiger partial charge in [-0.25, -0.2) is 4.98 Å². The summed E-state index contributed by atoms with van der Waals surface area (Å²) in [6.45, 7) is 0. The molecule has 0 unspecified atom stereocenters. The number of para-hydroxylation sites is 1. The van der Waals surface area contributed by atoms with Crippen molar-refractivity contribution in [1.82, 2.24) is 9.97 Å². The van der Waals surface area contributed by atoms with Gasteiger partial charge in [-0.15, -0.1) is 0 Å². The van der Waals surface area contributed by atoms with Crippen molar-refractivity contribution in [2.24, 2.45) is 0 Å². The number of rotatable bonds is 3. The molecule has 1 heterocycles. The third kappa shape index (κ3) is 2.45. The molecule has 0 aliphatic heterocycles. The van der Waals surface area contributed by atoms with E-state index in [0.717, 1.165) is 28.2 Å². The van der Waals surface area contributed by atoms with E-state index in [1.54, 1.807) is 7.11 Å². The molecule has 0 aliphatic rings. The molecule has 2 aromatic carbocycles. The largest absolute Gasteiger partial charge is 0.497 e. The maximum Gasteiger partial charge on any atom is 0.222 e. The molecule has 1 aromatic heterocycles. The van der Waals surface area contributed by atoms with Crippen molar-refractivity contribution in [2.45, 2.75) is 0 Å². The lowest BCUT2D eigenvalue weighted by Gasteiger charge is -2.20. The molecular formula is C16H16N4O. The predicted octanol–water partition coefficient (Wildman–Crippen LogP) is 2.99. The molecule has 0 spiro atoms. The standard InChI is InChI=1S/C16H16N4O/c1-20(11-6-5-7-12(10-11)21-2)15-13-8-3-4-9-14(13)18-16(17)19-15/h3-10H,1-2H3,(H2,17,18,19). The minimum atomic E-state index is 0.262. The Bertz CT molecular complexity index is 788. The van der Waals surface area contributed by atoms with Gasteiger partial charge in [-0.05, 0) is 24.3 Å². The van der Waals surface area contributed by atoms with Gasteiger partial charge in [0.15, 0.2) is 0 Å². The van der Waals surface area contributed by atoms with Crippen LogP contribution in [0.15, 0.2) is 48.5 Å². The number of aromatic nitrogens is 2. The maximum absolute atomic E-state index is 5.82. The van der Waals surface area contributed by atoms with Crippen molar-refractivity contribution in [1.29, 1.82) is 0 Å². The fourth-order valence-corrected chi connectivity index (χ4v) is 2.27. The zero-order valence-electron chi connectivity index (χ0n) is 11.9. The second kappa shape index (κ2) is 5.28. The van der Waals surface area contributed by atoms with E-state index < -0.39 is 0 Å². The molecule has 0 saturated heterocycles. The van der Waals surface area contributed by atoms with E-state index >= 15 is 0 Å². The Kier molecular flexibility index (Phi) is 3.31. The van der Waals surface area contributed by atoms with Gasteiger partial charge >= 0.3 is 0 Å². The van der Waals surface area contributed by atoms with Gasteiger partial charge in [-0.2, -0.15) is 4.98 Å². The zero-order chi connectivity index (χ0) is 14.8. The SMILES string of the molecule is COc1cccc(N(C)c2nc(N)nc3ccccc23)c1. The maximum atomic E-state index is 5.82. The summed E-state index contributed by atoms with van der Waals surface area (Å²) in [6, 6.07) is 15.6. The highest BCUT2D eigenvalue weighted by Gasteiger charge is 2.12. The number of hydrogen-bond donors (Lipinski definition) is 1. The first-order valence-corrected chi connectivity index (χ1v) is 6.59. The van der Waals surface area contributed by atoms with Crippen molar-refractivity contribution in [3.8, 4) is 5.75 Å². The molecular weight excluding hydrogens is 264 g/mol. The summed E-state index contributed by atoms with van der Waals surface area (Å²) in [4.78, 5) is 10.6. The molecule has 5 heteroatoms. The number of anilines is 3. The van der Waals surface area contributed by atoms with E-state index in [1.807, 2.05) is 60.5 Å². The highest BCUT2D eigenvalue weighted by Crippen LogP contribution is 2.30. The predicted molar refractivity (Wildman–Crippen MR) is 85.0 cm³/mol. The molecule has 106 valence electrons. The van der Waals surface area contributed by atoms with Gasteiger partial charge in [-0.3, -0.25) is 0 Å². The summed E-state index contributed by atoms with van der Waals surface area (Å²) >= 11 is 0. The molecule has 0 saturated carbocycles. The van der Waals surface area contributed by atoms with Crippen LogP contribution < -0.4 is 15.4 Å². The molecule has 0 bridgehead atoms. The second-order valence-corrected chi connectivity index (χ2v) is 4.68. The Hall–Kier alpha value is -2.82. The number of nitrogens with zero attached hydrogens (tertiary/aromatic N) is 3. The van der Waals surface area contributed by atoms with Crippen LogP contribution in [0.25, 0.3) is 10.9 Å². The summed E-state index contributed by atoms with van der Waals surface area (Å²) < 4.78 is 5.27. The molecule has 0 amide bonds. The van der Waals surface area contributed by atoms with E-state index in [0.29, 0.717) is 0 Å². The van der Waals surface area contributed by atoms with Crippen LogP contribution >= 0.6 is 0 Å². The van der Waals surface area contributed by atoms with Crippen LogP contribution in [-0.2, 0) is 0 Å². The first kappa shape index (κ1) is 13.2. The monoisotopic (exact) mass is 280 g/mol. The van der Waals surface area contributed by atoms with E-state index in [-0.39, 0.29) is 5.95 Å². The smallest absolute Gasteiger partial charge is 0.222 e. The number of methoxy groups -OCH3 is 1. The number of fused-ring (bicyclic) bond motifs is 1. The molecule has 0 aliphatic carbocycles. The van der Waals surface area contributed by atoms with Crippen LogP contribution in [0.2, 0.25) is 0 Å². The van der Waals surface area contributed by atoms with Crippen molar-refractivity contribution in [3.05, 3.63) is 48.5 Å². The zero-order valence-corrected chi connectivity index (χ0v) is 11.9. The Labute approximate surface area is 123 Å². The number of hydrogen-bond acceptors (Lipinski definition) is 5. The molecule has 3 rings (SSSR count). The van der Waals surface area contributed by atoms with Crippen LogP contribution in [0.3, 0.4) is 0 Å². The Morgan fingerprint density at radius 1 is 1.05 bits per heavy atom. The minimum Gasteiger partial charge on any atom is -0.497 e. The Morgan fingerprint density at radius 2 is 1.86 bits per heavy atom. The summed E-state index contributed by atoms with van der Waals surface area (Å²) in [5.41, 5.74) is 7.62. The number of ether oxygens (including phenoxy) is 1. The van der Waals surface area contributed by atoms with Crippen molar-refractivity contribution in [3.63, 3.8) is 0 Å². The highest BCUT2D eigenvalue weighted by atomic mass is 16.5. The minimum absolute atomic E-state index is 0.262. The third-order valence-electron chi connectivity index (χ3n) is 3.36. The third-order valence-corrected chi connectivity index (χ3v) is 3.36. The molecule has 5 nitrogen and oxygen atoms in total. The summed E-state index contributed by atoms with van der Waals surface area (Å²) in [5.74, 6) is 1.83. The van der Waals surface area contributed by atoms with Crippen molar-refractivity contribution >= 4 is 28.4 Å². The molecule has 21 heavy (non-hydrogen) atoms. The average Bonchev–Trinajstić information content (AvgIpc) is 2.53. The topological polar surface area (TPSA) is 64.3 Å². The second-order valence-electron chi connectivity index (χ2n) is 4.68. The quantitative estimate of drug-likeness (QED) is 0.799. The lowest BCUT2D eigenvalue weighted by Crippen LogP contribution is -2.13. The number of benzene rings is 2. The van der Waals surface area contributed by atoms with E-state index in [9.17, 15) is 0 Å². The molecule has 3 aromatic rings. The molecule has 2 N–H and O–H groups in total. The fourth-order valence-electron chi connectivity index (χ4n) is 2.27. The van der Waals surface area contributed by atoms with Crippen molar-refractivity contribution in [2.75, 3.05) is 24.8 Å². The van der Waals surface area contributed by atoms with Gasteiger partial charge in [0.25, 0.3) is 0 Å². The lowest BCUT2D eigenvalue weighted by atomic mass is 10.2. The van der Waals surface area contributed by atoms with E-state index in [1.165, 1.54) is 0 Å². The summed E-state index contributed by atoms with van der Waals surface area (Å²) in [7, 11) is 3.60. The van der Waals surface area contributed by atoms with Gasteiger partial charge < -0.3 is 15.4 Å². The van der Waals surface area contributed by atoms with Gasteiger partial charge in [0.1, 0.15) is 11.6 Å². The van der Waals surface area contributed by atoms with Crippen LogP contribution in [0.4, 0.5) is 17.5 Å². The Balaban J connectivity index is 2.14. The van der Waals surface area contributed by atoms with Crippen LogP contribution in [0.5, 0.6) is 5.75 Å². The van der Waals surface area contributed by atoms with Crippen LogP contribution in [0, 0.1) is 0 Å². The molecule has 0 fully saturated rings. The van der Waals surface area contributed by atoms with Crippen molar-refractivity contribution < 1.29 is 4.74 Å². The van der Waals surface area contributed by atoms with Gasteiger partial charge in [-0.1, -0.05) is 18.2 Å². The summed E-state index contributed by atoms with van der Waals surface area (Å²) in [5, 5.41) is 0.956. The van der Waals surface area contributed by atoms with Crippen LogP contribution in [0.1, 0.15) is 0 Å². The van der Waals surface area contributed by atoms with Crippen LogP contribution in [-0.4, -0.2) is 24.1 Å². The van der Waals surface area contributed by atoms with Gasteiger partial charge in [0, 0.05) is 24.2 Å². The van der Waals surface area contributed by atoms with E-state index in [2.05, 4.69) is 9.97 Å². The number of nitrogen functional groups attached to an aromatic ring is 1. The fraction of sp³-hybridized carbons (Fsp3) is 0.125. The average molecular weight is 280 g/mol. The first-order chi connectivity index (χ1) is 10.2. The first-order valence-electron chi connectivity index (χ1n) is 6.59. The lowest BCUT2D eigenvalue weighted by molar-refractivity contribution is 0.415. The molecule has 0 atom stereocenters. The van der Waals surface area contributed by atoms with E-state index in [4.69, 9.17) is 10.5 Å². The normalized spacial score (nSPS) is 10.6. The molecule has 0 radical (unpaired) electrons. The highest BCUT2D eigenvalue weighted by molar-refractivity contribution is 5.92. The number of nitrogens with two attached hydrogens (primary N) is 1. The van der Waals surface area contributed by atoms with Gasteiger partial charge in [0.2, 0.25) is 5.95 Å². The Morgan fingerprint density at radius 3 is 2.67 bits per heavy atom. The summed E-state index contributed by atoms with van der Waals surface area (Å²) in [6.07, 6.45) is 0.